The summed E-state index contributed by atoms with van der Waals surface area (Å²) in [5.41, 5.74) is -0.482. The molecule has 2 aliphatic heterocycles. The Morgan fingerprint density at radius 1 is 1.05 bits per heavy atom. The predicted octanol–water partition coefficient (Wildman–Crippen LogP) is 2.47. The van der Waals surface area contributed by atoms with Crippen LogP contribution >= 0.6 is 0 Å². The molecule has 3 unspecified atom stereocenters. The van der Waals surface area contributed by atoms with Crippen LogP contribution in [0.25, 0.3) is 0 Å². The van der Waals surface area contributed by atoms with Gasteiger partial charge in [0.25, 0.3) is 0 Å². The van der Waals surface area contributed by atoms with Crippen LogP contribution in [-0.2, 0) is 0 Å². The summed E-state index contributed by atoms with van der Waals surface area (Å²) in [6, 6.07) is 0.212. The van der Waals surface area contributed by atoms with Gasteiger partial charge in [0.2, 0.25) is 0 Å². The molecule has 114 valence electrons. The van der Waals surface area contributed by atoms with E-state index in [2.05, 4.69) is 6.92 Å². The Labute approximate surface area is 122 Å². The van der Waals surface area contributed by atoms with Gasteiger partial charge in [0.05, 0.1) is 5.60 Å². The van der Waals surface area contributed by atoms with Crippen molar-refractivity contribution >= 4 is 6.03 Å². The Morgan fingerprint density at radius 2 is 1.85 bits per heavy atom. The lowest BCUT2D eigenvalue weighted by Crippen LogP contribution is -2.57. The third-order valence-electron chi connectivity index (χ3n) is 5.63. The van der Waals surface area contributed by atoms with Crippen molar-refractivity contribution in [2.75, 3.05) is 26.2 Å². The van der Waals surface area contributed by atoms with Gasteiger partial charge in [-0.1, -0.05) is 19.8 Å². The van der Waals surface area contributed by atoms with E-state index in [1.54, 1.807) is 0 Å². The normalized spacial score (nSPS) is 38.5. The lowest BCUT2D eigenvalue weighted by Gasteiger charge is -2.48. The highest BCUT2D eigenvalue weighted by Crippen LogP contribution is 2.40. The molecule has 2 saturated heterocycles. The average Bonchev–Trinajstić information content (AvgIpc) is 2.45. The number of hydrogen-bond acceptors (Lipinski definition) is 2. The number of hydrogen-bond donors (Lipinski definition) is 1. The molecule has 1 saturated carbocycles. The third kappa shape index (κ3) is 2.67. The molecular weight excluding hydrogens is 252 g/mol. The third-order valence-corrected chi connectivity index (χ3v) is 5.63. The zero-order valence-electron chi connectivity index (χ0n) is 12.7. The van der Waals surface area contributed by atoms with Crippen molar-refractivity contribution in [3.63, 3.8) is 0 Å². The van der Waals surface area contributed by atoms with Crippen LogP contribution in [0.15, 0.2) is 0 Å². The molecule has 0 aromatic rings. The molecule has 3 rings (SSSR count). The minimum absolute atomic E-state index is 0.212. The van der Waals surface area contributed by atoms with Gasteiger partial charge in [0.1, 0.15) is 0 Å². The van der Waals surface area contributed by atoms with Gasteiger partial charge in [-0.25, -0.2) is 4.79 Å². The topological polar surface area (TPSA) is 43.8 Å². The highest BCUT2D eigenvalue weighted by molar-refractivity contribution is 5.74. The lowest BCUT2D eigenvalue weighted by molar-refractivity contribution is -0.0892. The molecule has 1 aliphatic carbocycles. The van der Waals surface area contributed by atoms with Crippen LogP contribution in [0.1, 0.15) is 51.9 Å². The fraction of sp³-hybridized carbons (Fsp3) is 0.938. The number of nitrogens with zero attached hydrogens (tertiary/aromatic N) is 2. The maximum atomic E-state index is 12.6. The zero-order chi connectivity index (χ0) is 14.2. The summed E-state index contributed by atoms with van der Waals surface area (Å²) in [6.45, 7) is 5.55. The lowest BCUT2D eigenvalue weighted by atomic mass is 9.71. The first-order valence-corrected chi connectivity index (χ1v) is 8.35. The Bertz CT molecular complexity index is 373. The summed E-state index contributed by atoms with van der Waals surface area (Å²) >= 11 is 0. The van der Waals surface area contributed by atoms with E-state index in [0.29, 0.717) is 11.8 Å². The van der Waals surface area contributed by atoms with Gasteiger partial charge in [-0.05, 0) is 38.0 Å². The largest absolute Gasteiger partial charge is 0.389 e. The second-order valence-electron chi connectivity index (χ2n) is 7.22. The Kier molecular flexibility index (Phi) is 3.93. The maximum Gasteiger partial charge on any atom is 0.320 e. The number of carbonyl (C=O) groups excluding carboxylic acids is 1. The Balaban J connectivity index is 1.62. The molecule has 0 aromatic carbocycles. The predicted molar refractivity (Wildman–Crippen MR) is 78.5 cm³/mol. The molecule has 0 spiro atoms. The van der Waals surface area contributed by atoms with Gasteiger partial charge in [0.15, 0.2) is 0 Å². The van der Waals surface area contributed by atoms with Gasteiger partial charge < -0.3 is 14.9 Å². The summed E-state index contributed by atoms with van der Waals surface area (Å²) in [6.07, 6.45) is 7.50. The highest BCUT2D eigenvalue weighted by atomic mass is 16.3. The molecule has 3 aliphatic rings. The number of aliphatic hydroxyl groups is 1. The number of urea groups is 1. The first-order chi connectivity index (χ1) is 9.58. The number of rotatable bonds is 0. The van der Waals surface area contributed by atoms with Crippen LogP contribution in [0.4, 0.5) is 4.79 Å². The van der Waals surface area contributed by atoms with Crippen LogP contribution < -0.4 is 0 Å². The van der Waals surface area contributed by atoms with Crippen molar-refractivity contribution in [3.8, 4) is 0 Å². The number of piperidine rings is 2. The summed E-state index contributed by atoms with van der Waals surface area (Å²) in [5.74, 6) is 0.931. The highest BCUT2D eigenvalue weighted by Gasteiger charge is 2.44. The monoisotopic (exact) mass is 280 g/mol. The molecule has 20 heavy (non-hydrogen) atoms. The van der Waals surface area contributed by atoms with Crippen molar-refractivity contribution in [2.24, 2.45) is 11.8 Å². The van der Waals surface area contributed by atoms with Crippen LogP contribution in [0.3, 0.4) is 0 Å². The van der Waals surface area contributed by atoms with Gasteiger partial charge in [0, 0.05) is 32.1 Å². The second-order valence-corrected chi connectivity index (χ2v) is 7.22. The molecule has 3 fully saturated rings. The van der Waals surface area contributed by atoms with Crippen LogP contribution in [0, 0.1) is 11.8 Å². The molecule has 0 aromatic heterocycles. The number of likely N-dealkylation sites (tertiary alicyclic amines) is 2. The van der Waals surface area contributed by atoms with Crippen molar-refractivity contribution in [3.05, 3.63) is 0 Å². The average molecular weight is 280 g/mol. The molecule has 2 amide bonds. The van der Waals surface area contributed by atoms with Crippen molar-refractivity contribution in [2.45, 2.75) is 57.5 Å². The van der Waals surface area contributed by atoms with Crippen molar-refractivity contribution in [1.29, 1.82) is 0 Å². The molecule has 4 heteroatoms. The van der Waals surface area contributed by atoms with Crippen molar-refractivity contribution in [1.82, 2.24) is 9.80 Å². The fourth-order valence-corrected chi connectivity index (χ4v) is 4.31. The van der Waals surface area contributed by atoms with E-state index in [4.69, 9.17) is 0 Å². The maximum absolute atomic E-state index is 12.6. The van der Waals surface area contributed by atoms with E-state index >= 15 is 0 Å². The van der Waals surface area contributed by atoms with E-state index in [1.807, 2.05) is 9.80 Å². The molecule has 1 N–H and O–H groups in total. The first-order valence-electron chi connectivity index (χ1n) is 8.35. The van der Waals surface area contributed by atoms with E-state index < -0.39 is 5.60 Å². The van der Waals surface area contributed by atoms with Gasteiger partial charge in [-0.15, -0.1) is 0 Å². The van der Waals surface area contributed by atoms with E-state index in [0.717, 1.165) is 58.3 Å². The van der Waals surface area contributed by atoms with Crippen LogP contribution in [0.5, 0.6) is 0 Å². The Morgan fingerprint density at radius 3 is 2.65 bits per heavy atom. The molecule has 0 radical (unpaired) electrons. The van der Waals surface area contributed by atoms with Crippen LogP contribution in [0.2, 0.25) is 0 Å². The molecule has 0 bridgehead atoms. The molecule has 3 atom stereocenters. The zero-order valence-corrected chi connectivity index (χ0v) is 12.7. The standard InChI is InChI=1S/C16H28N2O2/c1-13-5-4-9-17(11-13)15(19)18-10-8-16(20)7-3-2-6-14(16)12-18/h13-14,20H,2-12H2,1H3. The van der Waals surface area contributed by atoms with E-state index in [-0.39, 0.29) is 6.03 Å². The van der Waals surface area contributed by atoms with Gasteiger partial charge in [-0.3, -0.25) is 0 Å². The summed E-state index contributed by atoms with van der Waals surface area (Å²) in [5, 5.41) is 10.7. The van der Waals surface area contributed by atoms with Crippen LogP contribution in [-0.4, -0.2) is 52.7 Å². The second kappa shape index (κ2) is 5.55. The van der Waals surface area contributed by atoms with Gasteiger partial charge >= 0.3 is 6.03 Å². The first kappa shape index (κ1) is 14.2. The summed E-state index contributed by atoms with van der Waals surface area (Å²) in [4.78, 5) is 16.7. The van der Waals surface area contributed by atoms with Crippen molar-refractivity contribution < 1.29 is 9.90 Å². The fourth-order valence-electron chi connectivity index (χ4n) is 4.31. The molecule has 2 heterocycles. The smallest absolute Gasteiger partial charge is 0.320 e. The van der Waals surface area contributed by atoms with E-state index in [9.17, 15) is 9.90 Å². The number of carbonyl (C=O) groups is 1. The van der Waals surface area contributed by atoms with Gasteiger partial charge in [-0.2, -0.15) is 0 Å². The summed E-state index contributed by atoms with van der Waals surface area (Å²) < 4.78 is 0. The summed E-state index contributed by atoms with van der Waals surface area (Å²) in [7, 11) is 0. The minimum Gasteiger partial charge on any atom is -0.389 e. The Hall–Kier alpha value is -0.770. The SMILES string of the molecule is CC1CCCN(C(=O)N2CCC3(O)CCCCC3C2)C1. The van der Waals surface area contributed by atoms with E-state index in [1.165, 1.54) is 12.8 Å². The number of fused-ring (bicyclic) bond motifs is 1. The number of amides is 2. The minimum atomic E-state index is -0.482. The quantitative estimate of drug-likeness (QED) is 0.741. The molecule has 4 nitrogen and oxygen atoms in total. The molecular formula is C16H28N2O2.